The Balaban J connectivity index is 2.15. The van der Waals surface area contributed by atoms with Crippen LogP contribution < -0.4 is 9.26 Å². The number of rotatable bonds is 14. The van der Waals surface area contributed by atoms with Crippen LogP contribution in [0.3, 0.4) is 0 Å². The Morgan fingerprint density at radius 3 is 2.14 bits per heavy atom. The number of methoxy groups -OCH3 is 1. The number of unbranched alkanes of at least 4 members (excludes halogenated alkanes) is 1. The van der Waals surface area contributed by atoms with Gasteiger partial charge in [-0.1, -0.05) is 30.3 Å². The Kier molecular flexibility index (Phi) is 11.6. The van der Waals surface area contributed by atoms with E-state index >= 15 is 0 Å². The lowest BCUT2D eigenvalue weighted by atomic mass is 10.2. The fourth-order valence-corrected chi connectivity index (χ4v) is 6.25. The summed E-state index contributed by atoms with van der Waals surface area (Å²) >= 11 is 5.41. The van der Waals surface area contributed by atoms with E-state index in [1.807, 2.05) is 31.2 Å². The van der Waals surface area contributed by atoms with E-state index in [9.17, 15) is 28.7 Å². The number of hydrazone groups is 1. The molecule has 11 nitrogen and oxygen atoms in total. The third-order valence-corrected chi connectivity index (χ3v) is 8.79. The van der Waals surface area contributed by atoms with Gasteiger partial charge in [0.2, 0.25) is 11.8 Å². The van der Waals surface area contributed by atoms with Crippen LogP contribution in [0.15, 0.2) is 53.6 Å². The SMILES string of the molecule is CCCCN(CP(=O)(O)O)C(c1ccc(O[P+](=S)N(C)/N=C/c2ccc(OC)cc2)cc1)P(=O)(O)O. The van der Waals surface area contributed by atoms with Gasteiger partial charge < -0.3 is 24.3 Å². The van der Waals surface area contributed by atoms with Gasteiger partial charge >= 0.3 is 22.3 Å². The number of ether oxygens (including phenoxy) is 1. The van der Waals surface area contributed by atoms with E-state index in [-0.39, 0.29) is 12.1 Å². The second-order valence-corrected chi connectivity index (χ2v) is 13.3. The quantitative estimate of drug-likeness (QED) is 0.145. The van der Waals surface area contributed by atoms with Crippen molar-refractivity contribution in [2.75, 3.05) is 27.0 Å². The van der Waals surface area contributed by atoms with Gasteiger partial charge in [-0.05, 0) is 53.9 Å². The van der Waals surface area contributed by atoms with Crippen molar-refractivity contribution in [2.45, 2.75) is 25.5 Å². The van der Waals surface area contributed by atoms with Gasteiger partial charge in [-0.15, -0.1) is 5.10 Å². The van der Waals surface area contributed by atoms with Crippen LogP contribution in [0.2, 0.25) is 0 Å². The maximum absolute atomic E-state index is 12.3. The van der Waals surface area contributed by atoms with Crippen LogP contribution in [0.25, 0.3) is 0 Å². The molecule has 0 aliphatic heterocycles. The molecular weight excluding hydrogens is 547 g/mol. The summed E-state index contributed by atoms with van der Waals surface area (Å²) in [7, 11) is -7.68. The molecule has 198 valence electrons. The Bertz CT molecular complexity index is 1120. The molecule has 0 amide bonds. The van der Waals surface area contributed by atoms with Crippen molar-refractivity contribution in [3.63, 3.8) is 0 Å². The molecule has 0 aliphatic rings. The van der Waals surface area contributed by atoms with Gasteiger partial charge in [0.15, 0.2) is 5.75 Å². The van der Waals surface area contributed by atoms with Crippen LogP contribution >= 0.6 is 22.3 Å². The van der Waals surface area contributed by atoms with E-state index < -0.39 is 34.3 Å². The van der Waals surface area contributed by atoms with Crippen LogP contribution in [0, 0.1) is 0 Å². The second-order valence-electron chi connectivity index (χ2n) is 7.84. The highest BCUT2D eigenvalue weighted by Crippen LogP contribution is 2.55. The maximum Gasteiger partial charge on any atom is 0.540 e. The predicted octanol–water partition coefficient (Wildman–Crippen LogP) is 4.23. The summed E-state index contributed by atoms with van der Waals surface area (Å²) in [5.74, 6) is -0.410. The normalized spacial score (nSPS) is 13.6. The minimum atomic E-state index is -4.79. The summed E-state index contributed by atoms with van der Waals surface area (Å²) in [6.45, 7) is 1.99. The monoisotopic (exact) mass is 578 g/mol. The first-order valence-electron chi connectivity index (χ1n) is 10.8. The van der Waals surface area contributed by atoms with Gasteiger partial charge in [0.05, 0.1) is 20.4 Å². The van der Waals surface area contributed by atoms with Crippen LogP contribution in [0.1, 0.15) is 36.7 Å². The summed E-state index contributed by atoms with van der Waals surface area (Å²) in [6.07, 6.45) is 2.07. The van der Waals surface area contributed by atoms with E-state index in [4.69, 9.17) is 21.1 Å². The maximum atomic E-state index is 12.3. The fourth-order valence-electron chi connectivity index (χ4n) is 3.22. The zero-order chi connectivity index (χ0) is 26.9. The molecule has 4 N–H and O–H groups in total. The molecular formula is C21H31N3O8P3S+. The zero-order valence-corrected chi connectivity index (χ0v) is 23.6. The van der Waals surface area contributed by atoms with Crippen molar-refractivity contribution in [1.82, 2.24) is 9.68 Å². The Hall–Kier alpha value is -1.71. The highest BCUT2D eigenvalue weighted by molar-refractivity contribution is 8.02. The lowest BCUT2D eigenvalue weighted by Gasteiger charge is -2.32. The molecule has 2 aromatic carbocycles. The Morgan fingerprint density at radius 2 is 1.64 bits per heavy atom. The zero-order valence-electron chi connectivity index (χ0n) is 20.1. The standard InChI is InChI=1S/C21H30N3O8P3S/c1-4-5-14-24(16-34(25,26)27)21(35(28,29)30)18-8-12-20(13-9-18)32-33(36)23(2)22-15-17-6-10-19(31-3)11-7-17/h6-13,15,21H,4-5,14,16H2,1-3H3,(H3-,25,26,27,28,29,30)/p+1/b22-15+. The van der Waals surface area contributed by atoms with Crippen molar-refractivity contribution in [3.05, 3.63) is 59.7 Å². The summed E-state index contributed by atoms with van der Waals surface area (Å²) in [5.41, 5.74) is 1.05. The van der Waals surface area contributed by atoms with Gasteiger partial charge in [-0.3, -0.25) is 18.6 Å². The molecule has 0 radical (unpaired) electrons. The molecule has 15 heteroatoms. The Morgan fingerprint density at radius 1 is 1.06 bits per heavy atom. The molecule has 0 aromatic heterocycles. The minimum Gasteiger partial charge on any atom is -0.497 e. The largest absolute Gasteiger partial charge is 0.540 e. The van der Waals surface area contributed by atoms with Crippen LogP contribution in [-0.4, -0.2) is 62.5 Å². The van der Waals surface area contributed by atoms with Crippen molar-refractivity contribution in [2.24, 2.45) is 5.10 Å². The van der Waals surface area contributed by atoms with Crippen LogP contribution in [-0.2, 0) is 20.9 Å². The Labute approximate surface area is 216 Å². The highest BCUT2D eigenvalue weighted by atomic mass is 32.4. The minimum absolute atomic E-state index is 0.115. The first kappa shape index (κ1) is 30.5. The van der Waals surface area contributed by atoms with Crippen LogP contribution in [0.4, 0.5) is 0 Å². The first-order chi connectivity index (χ1) is 16.8. The molecule has 0 fully saturated rings. The number of hydrogen-bond donors (Lipinski definition) is 4. The van der Waals surface area contributed by atoms with Crippen LogP contribution in [0.5, 0.6) is 11.5 Å². The molecule has 36 heavy (non-hydrogen) atoms. The molecule has 2 unspecified atom stereocenters. The average Bonchev–Trinajstić information content (AvgIpc) is 2.80. The van der Waals surface area contributed by atoms with Crippen molar-refractivity contribution >= 4 is 40.3 Å². The molecule has 0 heterocycles. The molecule has 0 saturated heterocycles. The van der Waals surface area contributed by atoms with Gasteiger partial charge in [0.25, 0.3) is 0 Å². The number of nitrogens with zero attached hydrogens (tertiary/aromatic N) is 3. The first-order valence-corrected chi connectivity index (χ1v) is 16.5. The lowest BCUT2D eigenvalue weighted by molar-refractivity contribution is 0.222. The van der Waals surface area contributed by atoms with Gasteiger partial charge in [0, 0.05) is 6.54 Å². The number of benzene rings is 2. The molecule has 0 bridgehead atoms. The van der Waals surface area contributed by atoms with Crippen molar-refractivity contribution < 1.29 is 38.0 Å². The van der Waals surface area contributed by atoms with Gasteiger partial charge in [-0.2, -0.15) is 0 Å². The van der Waals surface area contributed by atoms with Crippen molar-refractivity contribution in [1.29, 1.82) is 0 Å². The molecule has 0 spiro atoms. The fraction of sp³-hybridized carbons (Fsp3) is 0.381. The van der Waals surface area contributed by atoms with Gasteiger partial charge in [-0.25, -0.2) is 0 Å². The summed E-state index contributed by atoms with van der Waals surface area (Å²) in [4.78, 5) is 40.1. The average molecular weight is 578 g/mol. The molecule has 0 aliphatic carbocycles. The van der Waals surface area contributed by atoms with Gasteiger partial charge in [0.1, 0.15) is 17.8 Å². The smallest absolute Gasteiger partial charge is 0.497 e. The van der Waals surface area contributed by atoms with E-state index in [0.29, 0.717) is 18.6 Å². The van der Waals surface area contributed by atoms with E-state index in [1.165, 1.54) is 29.0 Å². The van der Waals surface area contributed by atoms with E-state index in [1.54, 1.807) is 20.4 Å². The lowest BCUT2D eigenvalue weighted by Crippen LogP contribution is -2.31. The number of hydrogen-bond acceptors (Lipinski definition) is 7. The van der Waals surface area contributed by atoms with Crippen molar-refractivity contribution in [3.8, 4) is 11.5 Å². The molecule has 2 atom stereocenters. The second kappa shape index (κ2) is 13.7. The summed E-state index contributed by atoms with van der Waals surface area (Å²) in [6, 6.07) is 13.2. The summed E-state index contributed by atoms with van der Waals surface area (Å²) < 4.78 is 36.3. The topological polar surface area (TPSA) is 152 Å². The third kappa shape index (κ3) is 9.98. The summed E-state index contributed by atoms with van der Waals surface area (Å²) in [5, 5.41) is 4.29. The van der Waals surface area contributed by atoms with E-state index in [2.05, 4.69) is 5.10 Å². The molecule has 0 saturated carbocycles. The molecule has 2 aromatic rings. The highest BCUT2D eigenvalue weighted by Gasteiger charge is 2.38. The molecule has 2 rings (SSSR count). The third-order valence-electron chi connectivity index (χ3n) is 4.92. The van der Waals surface area contributed by atoms with E-state index in [0.717, 1.165) is 16.2 Å². The predicted molar refractivity (Wildman–Crippen MR) is 143 cm³/mol.